The molecule has 0 aliphatic heterocycles. The highest BCUT2D eigenvalue weighted by molar-refractivity contribution is 5.79. The van der Waals surface area contributed by atoms with Crippen molar-refractivity contribution in [2.75, 3.05) is 20.6 Å². The largest absolute Gasteiger partial charge is 0.334 e. The van der Waals surface area contributed by atoms with Gasteiger partial charge >= 0.3 is 0 Å². The number of hydrogen-bond acceptors (Lipinski definition) is 2. The van der Waals surface area contributed by atoms with Gasteiger partial charge in [0.15, 0.2) is 0 Å². The highest BCUT2D eigenvalue weighted by atomic mass is 16.2. The van der Waals surface area contributed by atoms with Gasteiger partial charge in [0.25, 0.3) is 0 Å². The van der Waals surface area contributed by atoms with Crippen molar-refractivity contribution in [1.29, 1.82) is 0 Å². The summed E-state index contributed by atoms with van der Waals surface area (Å²) in [5.41, 5.74) is 2.28. The molecule has 0 spiro atoms. The zero-order valence-corrected chi connectivity index (χ0v) is 15.4. The van der Waals surface area contributed by atoms with Gasteiger partial charge in [0.2, 0.25) is 5.91 Å². The van der Waals surface area contributed by atoms with Gasteiger partial charge in [-0.25, -0.2) is 0 Å². The van der Waals surface area contributed by atoms with Crippen molar-refractivity contribution in [1.82, 2.24) is 9.80 Å². The predicted octanol–water partition coefficient (Wildman–Crippen LogP) is 3.96. The molecular weight excluding hydrogens is 308 g/mol. The van der Waals surface area contributed by atoms with Gasteiger partial charge in [-0.2, -0.15) is 0 Å². The molecule has 0 aromatic heterocycles. The maximum absolute atomic E-state index is 13.0. The van der Waals surface area contributed by atoms with Crippen LogP contribution in [0.5, 0.6) is 0 Å². The van der Waals surface area contributed by atoms with Gasteiger partial charge in [0, 0.05) is 13.1 Å². The molecule has 0 bridgehead atoms. The number of carbonyl (C=O) groups excluding carboxylic acids is 1. The first kappa shape index (κ1) is 17.7. The van der Waals surface area contributed by atoms with E-state index in [-0.39, 0.29) is 11.9 Å². The minimum absolute atomic E-state index is 0.0560. The van der Waals surface area contributed by atoms with Gasteiger partial charge in [0.05, 0.1) is 12.6 Å². The molecule has 0 saturated heterocycles. The molecular formula is C22H28N2O. The molecule has 3 nitrogen and oxygen atoms in total. The van der Waals surface area contributed by atoms with Crippen molar-refractivity contribution in [2.24, 2.45) is 5.92 Å². The number of carbonyl (C=O) groups is 1. The van der Waals surface area contributed by atoms with Gasteiger partial charge in [0.1, 0.15) is 0 Å². The van der Waals surface area contributed by atoms with Crippen molar-refractivity contribution in [2.45, 2.75) is 31.8 Å². The Balaban J connectivity index is 1.79. The maximum Gasteiger partial charge on any atom is 0.237 e. The van der Waals surface area contributed by atoms with Crippen molar-refractivity contribution in [3.8, 4) is 0 Å². The first-order valence-electron chi connectivity index (χ1n) is 9.13. The van der Waals surface area contributed by atoms with Crippen molar-refractivity contribution in [3.05, 3.63) is 71.8 Å². The zero-order chi connectivity index (χ0) is 17.8. The van der Waals surface area contributed by atoms with Crippen LogP contribution in [0.25, 0.3) is 0 Å². The number of hydrogen-bond donors (Lipinski definition) is 0. The molecule has 0 radical (unpaired) electrons. The molecule has 1 aliphatic carbocycles. The topological polar surface area (TPSA) is 23.6 Å². The molecule has 2 aromatic rings. The van der Waals surface area contributed by atoms with Crippen LogP contribution in [-0.2, 0) is 4.79 Å². The lowest BCUT2D eigenvalue weighted by Crippen LogP contribution is -2.42. The Morgan fingerprint density at radius 3 is 1.88 bits per heavy atom. The highest BCUT2D eigenvalue weighted by Crippen LogP contribution is 2.35. The van der Waals surface area contributed by atoms with E-state index in [0.717, 1.165) is 17.0 Å². The molecule has 1 aliphatic rings. The summed E-state index contributed by atoms with van der Waals surface area (Å²) in [6.07, 6.45) is 2.60. The van der Waals surface area contributed by atoms with E-state index in [9.17, 15) is 4.79 Å². The van der Waals surface area contributed by atoms with Crippen LogP contribution < -0.4 is 0 Å². The van der Waals surface area contributed by atoms with Crippen LogP contribution in [0.15, 0.2) is 60.7 Å². The van der Waals surface area contributed by atoms with Crippen molar-refractivity contribution < 1.29 is 4.79 Å². The predicted molar refractivity (Wildman–Crippen MR) is 102 cm³/mol. The van der Waals surface area contributed by atoms with Crippen LogP contribution in [-0.4, -0.2) is 42.4 Å². The second-order valence-corrected chi connectivity index (χ2v) is 7.22. The summed E-state index contributed by atoms with van der Waals surface area (Å²) in [5.74, 6) is 0.926. The van der Waals surface area contributed by atoms with Gasteiger partial charge in [-0.3, -0.25) is 9.69 Å². The van der Waals surface area contributed by atoms with Crippen LogP contribution >= 0.6 is 0 Å². The molecule has 25 heavy (non-hydrogen) atoms. The third-order valence-corrected chi connectivity index (χ3v) is 5.40. The Hall–Kier alpha value is -2.13. The Morgan fingerprint density at radius 1 is 0.960 bits per heavy atom. The molecule has 1 unspecified atom stereocenters. The van der Waals surface area contributed by atoms with Crippen LogP contribution in [0.2, 0.25) is 0 Å². The number of likely N-dealkylation sites (N-methyl/N-ethyl adjacent to an activating group) is 2. The van der Waals surface area contributed by atoms with Gasteiger partial charge in [-0.1, -0.05) is 60.7 Å². The standard InChI is InChI=1S/C22H28N2O/c1-17(18-14-15-18)23(2)16-21(25)24(3)22(19-10-6-4-7-11-19)20-12-8-5-9-13-20/h4-13,17-18,22H,14-16H2,1-3H3. The molecule has 3 rings (SSSR count). The number of benzene rings is 2. The second-order valence-electron chi connectivity index (χ2n) is 7.22. The van der Waals surface area contributed by atoms with Gasteiger partial charge in [-0.05, 0) is 43.9 Å². The average molecular weight is 336 g/mol. The Bertz CT molecular complexity index is 642. The van der Waals surface area contributed by atoms with Crippen LogP contribution in [0, 0.1) is 5.92 Å². The fourth-order valence-electron chi connectivity index (χ4n) is 3.46. The third kappa shape index (κ3) is 4.29. The van der Waals surface area contributed by atoms with E-state index >= 15 is 0 Å². The molecule has 1 amide bonds. The Morgan fingerprint density at radius 2 is 1.44 bits per heavy atom. The van der Waals surface area contributed by atoms with Gasteiger partial charge in [-0.15, -0.1) is 0 Å². The molecule has 0 N–H and O–H groups in total. The summed E-state index contributed by atoms with van der Waals surface area (Å²) in [5, 5.41) is 0. The molecule has 0 heterocycles. The minimum atomic E-state index is -0.0560. The lowest BCUT2D eigenvalue weighted by Gasteiger charge is -2.32. The van der Waals surface area contributed by atoms with E-state index in [2.05, 4.69) is 43.1 Å². The molecule has 132 valence electrons. The molecule has 1 saturated carbocycles. The third-order valence-electron chi connectivity index (χ3n) is 5.40. The van der Waals surface area contributed by atoms with E-state index in [4.69, 9.17) is 0 Å². The quantitative estimate of drug-likeness (QED) is 0.764. The normalized spacial score (nSPS) is 15.4. The molecule has 3 heteroatoms. The number of nitrogens with zero attached hydrogens (tertiary/aromatic N) is 2. The molecule has 1 atom stereocenters. The fourth-order valence-corrected chi connectivity index (χ4v) is 3.46. The summed E-state index contributed by atoms with van der Waals surface area (Å²) < 4.78 is 0. The first-order valence-corrected chi connectivity index (χ1v) is 9.13. The fraction of sp³-hybridized carbons (Fsp3) is 0.409. The Labute approximate surface area is 151 Å². The van der Waals surface area contributed by atoms with E-state index in [1.54, 1.807) is 0 Å². The van der Waals surface area contributed by atoms with Crippen molar-refractivity contribution >= 4 is 5.91 Å². The first-order chi connectivity index (χ1) is 12.1. The smallest absolute Gasteiger partial charge is 0.237 e. The van der Waals surface area contributed by atoms with Crippen molar-refractivity contribution in [3.63, 3.8) is 0 Å². The van der Waals surface area contributed by atoms with Crippen LogP contribution in [0.3, 0.4) is 0 Å². The van der Waals surface area contributed by atoms with Gasteiger partial charge < -0.3 is 4.90 Å². The number of rotatable bonds is 7. The minimum Gasteiger partial charge on any atom is -0.334 e. The number of amides is 1. The lowest BCUT2D eigenvalue weighted by atomic mass is 9.97. The maximum atomic E-state index is 13.0. The highest BCUT2D eigenvalue weighted by Gasteiger charge is 2.32. The molecule has 1 fully saturated rings. The Kier molecular flexibility index (Phi) is 5.54. The second kappa shape index (κ2) is 7.83. The van der Waals surface area contributed by atoms with Crippen LogP contribution in [0.1, 0.15) is 36.9 Å². The van der Waals surface area contributed by atoms with E-state index in [1.165, 1.54) is 12.8 Å². The summed E-state index contributed by atoms with van der Waals surface area (Å²) in [7, 11) is 3.98. The summed E-state index contributed by atoms with van der Waals surface area (Å²) in [6.45, 7) is 2.70. The summed E-state index contributed by atoms with van der Waals surface area (Å²) >= 11 is 0. The van der Waals surface area contributed by atoms with Crippen LogP contribution in [0.4, 0.5) is 0 Å². The molecule has 2 aromatic carbocycles. The SMILES string of the molecule is CC(C1CC1)N(C)CC(=O)N(C)C(c1ccccc1)c1ccccc1. The summed E-state index contributed by atoms with van der Waals surface area (Å²) in [4.78, 5) is 17.1. The van der Waals surface area contributed by atoms with E-state index < -0.39 is 0 Å². The summed E-state index contributed by atoms with van der Waals surface area (Å²) in [6, 6.07) is 21.0. The van der Waals surface area contributed by atoms with E-state index in [0.29, 0.717) is 12.6 Å². The monoisotopic (exact) mass is 336 g/mol. The van der Waals surface area contributed by atoms with E-state index in [1.807, 2.05) is 48.3 Å². The zero-order valence-electron chi connectivity index (χ0n) is 15.4. The lowest BCUT2D eigenvalue weighted by molar-refractivity contribution is -0.132. The average Bonchev–Trinajstić information content (AvgIpc) is 3.48.